The minimum absolute atomic E-state index is 0.251. The van der Waals surface area contributed by atoms with Crippen LogP contribution in [0, 0.1) is 13.8 Å². The van der Waals surface area contributed by atoms with Gasteiger partial charge in [-0.25, -0.2) is 0 Å². The van der Waals surface area contributed by atoms with Gasteiger partial charge in [-0.15, -0.1) is 0 Å². The van der Waals surface area contributed by atoms with Gasteiger partial charge in [-0.2, -0.15) is 0 Å². The second-order valence-corrected chi connectivity index (χ2v) is 5.22. The predicted molar refractivity (Wildman–Crippen MR) is 73.7 cm³/mol. The summed E-state index contributed by atoms with van der Waals surface area (Å²) in [7, 11) is 1.96. The molecule has 3 nitrogen and oxygen atoms in total. The van der Waals surface area contributed by atoms with Crippen molar-refractivity contribution < 1.29 is 4.79 Å². The van der Waals surface area contributed by atoms with Gasteiger partial charge in [-0.1, -0.05) is 23.8 Å². The minimum Gasteiger partial charge on any atom is -0.341 e. The number of benzene rings is 1. The SMILES string of the molecule is CNC1CCN(C(=O)Cc2cc(C)ccc2C)C1. The Morgan fingerprint density at radius 3 is 2.89 bits per heavy atom. The first-order valence-electron chi connectivity index (χ1n) is 6.61. The minimum atomic E-state index is 0.251. The van der Waals surface area contributed by atoms with Crippen molar-refractivity contribution in [1.82, 2.24) is 10.2 Å². The Bertz CT molecular complexity index is 442. The van der Waals surface area contributed by atoms with Gasteiger partial charge < -0.3 is 10.2 Å². The maximum Gasteiger partial charge on any atom is 0.227 e. The van der Waals surface area contributed by atoms with Crippen molar-refractivity contribution in [3.63, 3.8) is 0 Å². The molecule has 18 heavy (non-hydrogen) atoms. The van der Waals surface area contributed by atoms with Gasteiger partial charge in [-0.3, -0.25) is 4.79 Å². The Kier molecular flexibility index (Phi) is 4.02. The van der Waals surface area contributed by atoms with Crippen molar-refractivity contribution in [2.24, 2.45) is 0 Å². The molecule has 3 heteroatoms. The molecule has 1 fully saturated rings. The fourth-order valence-corrected chi connectivity index (χ4v) is 2.49. The van der Waals surface area contributed by atoms with Crippen LogP contribution in [-0.4, -0.2) is 37.0 Å². The Hall–Kier alpha value is -1.35. The lowest BCUT2D eigenvalue weighted by atomic mass is 10.0. The molecule has 0 radical (unpaired) electrons. The topological polar surface area (TPSA) is 32.3 Å². The quantitative estimate of drug-likeness (QED) is 0.880. The molecule has 1 heterocycles. The predicted octanol–water partition coefficient (Wildman–Crippen LogP) is 1.67. The number of hydrogen-bond donors (Lipinski definition) is 1. The van der Waals surface area contributed by atoms with Crippen LogP contribution in [-0.2, 0) is 11.2 Å². The van der Waals surface area contributed by atoms with Crippen molar-refractivity contribution in [3.05, 3.63) is 34.9 Å². The van der Waals surface area contributed by atoms with E-state index in [0.29, 0.717) is 12.5 Å². The first-order chi connectivity index (χ1) is 8.60. The summed E-state index contributed by atoms with van der Waals surface area (Å²) < 4.78 is 0. The molecule has 1 aliphatic heterocycles. The molecule has 1 aromatic carbocycles. The van der Waals surface area contributed by atoms with E-state index in [0.717, 1.165) is 25.1 Å². The first-order valence-corrected chi connectivity index (χ1v) is 6.61. The molecule has 1 amide bonds. The zero-order valence-electron chi connectivity index (χ0n) is 11.5. The number of nitrogens with one attached hydrogen (secondary N) is 1. The van der Waals surface area contributed by atoms with E-state index in [1.54, 1.807) is 0 Å². The third-order valence-corrected chi connectivity index (χ3v) is 3.80. The average molecular weight is 246 g/mol. The number of likely N-dealkylation sites (tertiary alicyclic amines) is 1. The van der Waals surface area contributed by atoms with E-state index >= 15 is 0 Å². The molecule has 1 N–H and O–H groups in total. The zero-order valence-corrected chi connectivity index (χ0v) is 11.5. The molecule has 98 valence electrons. The van der Waals surface area contributed by atoms with Crippen LogP contribution in [0.2, 0.25) is 0 Å². The van der Waals surface area contributed by atoms with Gasteiger partial charge in [0, 0.05) is 19.1 Å². The smallest absolute Gasteiger partial charge is 0.227 e. The van der Waals surface area contributed by atoms with E-state index in [1.165, 1.54) is 11.1 Å². The molecule has 1 saturated heterocycles. The van der Waals surface area contributed by atoms with Gasteiger partial charge >= 0.3 is 0 Å². The largest absolute Gasteiger partial charge is 0.341 e. The zero-order chi connectivity index (χ0) is 13.1. The fourth-order valence-electron chi connectivity index (χ4n) is 2.49. The fraction of sp³-hybridized carbons (Fsp3) is 0.533. The lowest BCUT2D eigenvalue weighted by molar-refractivity contribution is -0.129. The number of carbonyl (C=O) groups is 1. The molecule has 0 bridgehead atoms. The standard InChI is InChI=1S/C15H22N2O/c1-11-4-5-12(2)13(8-11)9-15(18)17-7-6-14(10-17)16-3/h4-5,8,14,16H,6-7,9-10H2,1-3H3. The summed E-state index contributed by atoms with van der Waals surface area (Å²) in [6.07, 6.45) is 1.60. The summed E-state index contributed by atoms with van der Waals surface area (Å²) in [4.78, 5) is 14.2. The molecule has 0 spiro atoms. The van der Waals surface area contributed by atoms with E-state index < -0.39 is 0 Å². The van der Waals surface area contributed by atoms with Crippen LogP contribution < -0.4 is 5.32 Å². The second kappa shape index (κ2) is 5.53. The van der Waals surface area contributed by atoms with E-state index in [9.17, 15) is 4.79 Å². The maximum absolute atomic E-state index is 12.2. The highest BCUT2D eigenvalue weighted by molar-refractivity contribution is 5.79. The third kappa shape index (κ3) is 2.91. The number of rotatable bonds is 3. The second-order valence-electron chi connectivity index (χ2n) is 5.22. The van der Waals surface area contributed by atoms with E-state index in [4.69, 9.17) is 0 Å². The third-order valence-electron chi connectivity index (χ3n) is 3.80. The van der Waals surface area contributed by atoms with E-state index in [1.807, 2.05) is 11.9 Å². The number of carbonyl (C=O) groups excluding carboxylic acids is 1. The molecule has 0 saturated carbocycles. The highest BCUT2D eigenvalue weighted by Gasteiger charge is 2.25. The van der Waals surface area contributed by atoms with Crippen LogP contribution >= 0.6 is 0 Å². The Morgan fingerprint density at radius 2 is 2.22 bits per heavy atom. The van der Waals surface area contributed by atoms with Crippen LogP contribution in [0.4, 0.5) is 0 Å². The van der Waals surface area contributed by atoms with Crippen LogP contribution in [0.25, 0.3) is 0 Å². The van der Waals surface area contributed by atoms with Crippen molar-refractivity contribution >= 4 is 5.91 Å². The molecule has 0 aliphatic carbocycles. The molecule has 1 aromatic rings. The molecular weight excluding hydrogens is 224 g/mol. The summed E-state index contributed by atoms with van der Waals surface area (Å²) in [6, 6.07) is 6.78. The Balaban J connectivity index is 2.01. The van der Waals surface area contributed by atoms with Gasteiger partial charge in [0.2, 0.25) is 5.91 Å². The molecule has 2 rings (SSSR count). The highest BCUT2D eigenvalue weighted by Crippen LogP contribution is 2.15. The number of hydrogen-bond acceptors (Lipinski definition) is 2. The normalized spacial score (nSPS) is 19.3. The number of likely N-dealkylation sites (N-methyl/N-ethyl adjacent to an activating group) is 1. The van der Waals surface area contributed by atoms with Gasteiger partial charge in [0.05, 0.1) is 6.42 Å². The lowest BCUT2D eigenvalue weighted by Crippen LogP contribution is -2.34. The highest BCUT2D eigenvalue weighted by atomic mass is 16.2. The van der Waals surface area contributed by atoms with Crippen LogP contribution in [0.5, 0.6) is 0 Å². The van der Waals surface area contributed by atoms with Crippen molar-refractivity contribution in [3.8, 4) is 0 Å². The lowest BCUT2D eigenvalue weighted by Gasteiger charge is -2.17. The van der Waals surface area contributed by atoms with Crippen molar-refractivity contribution in [2.45, 2.75) is 32.7 Å². The van der Waals surface area contributed by atoms with E-state index in [2.05, 4.69) is 37.4 Å². The Morgan fingerprint density at radius 1 is 1.44 bits per heavy atom. The molecular formula is C15H22N2O. The van der Waals surface area contributed by atoms with Crippen LogP contribution in [0.15, 0.2) is 18.2 Å². The molecule has 0 aromatic heterocycles. The monoisotopic (exact) mass is 246 g/mol. The van der Waals surface area contributed by atoms with Crippen molar-refractivity contribution in [1.29, 1.82) is 0 Å². The van der Waals surface area contributed by atoms with Crippen LogP contribution in [0.3, 0.4) is 0 Å². The summed E-state index contributed by atoms with van der Waals surface area (Å²) >= 11 is 0. The molecule has 1 atom stereocenters. The van der Waals surface area contributed by atoms with Gasteiger partial charge in [0.25, 0.3) is 0 Å². The maximum atomic E-state index is 12.2. The molecule has 1 unspecified atom stereocenters. The van der Waals surface area contributed by atoms with Crippen molar-refractivity contribution in [2.75, 3.05) is 20.1 Å². The number of aryl methyl sites for hydroxylation is 2. The first kappa shape index (κ1) is 13.1. The number of nitrogens with zero attached hydrogens (tertiary/aromatic N) is 1. The average Bonchev–Trinajstić information content (AvgIpc) is 2.82. The summed E-state index contributed by atoms with van der Waals surface area (Å²) in [6.45, 7) is 5.87. The van der Waals surface area contributed by atoms with E-state index in [-0.39, 0.29) is 5.91 Å². The summed E-state index contributed by atoms with van der Waals surface area (Å²) in [5.74, 6) is 0.251. The van der Waals surface area contributed by atoms with Crippen LogP contribution in [0.1, 0.15) is 23.1 Å². The van der Waals surface area contributed by atoms with Gasteiger partial charge in [0.1, 0.15) is 0 Å². The van der Waals surface area contributed by atoms with Gasteiger partial charge in [-0.05, 0) is 38.4 Å². The summed E-state index contributed by atoms with van der Waals surface area (Å²) in [5, 5.41) is 3.24. The molecule has 1 aliphatic rings. The van der Waals surface area contributed by atoms with Gasteiger partial charge in [0.15, 0.2) is 0 Å². The number of amides is 1. The summed E-state index contributed by atoms with van der Waals surface area (Å²) in [5.41, 5.74) is 3.59. The Labute approximate surface area is 109 Å².